The lowest BCUT2D eigenvalue weighted by atomic mass is 10.1. The molecule has 0 radical (unpaired) electrons. The van der Waals surface area contributed by atoms with Crippen LogP contribution in [0.25, 0.3) is 0 Å². The van der Waals surface area contributed by atoms with Crippen molar-refractivity contribution in [3.05, 3.63) is 0 Å². The van der Waals surface area contributed by atoms with Crippen molar-refractivity contribution in [2.45, 2.75) is 44.6 Å². The van der Waals surface area contributed by atoms with E-state index in [9.17, 15) is 14.4 Å². The number of nitrogens with zero attached hydrogens (tertiary/aromatic N) is 2. The van der Waals surface area contributed by atoms with Crippen LogP contribution in [0.5, 0.6) is 0 Å². The molecule has 2 fully saturated rings. The fourth-order valence-electron chi connectivity index (χ4n) is 3.15. The number of hydrogen-bond acceptors (Lipinski definition) is 3. The second kappa shape index (κ2) is 6.24. The van der Waals surface area contributed by atoms with Gasteiger partial charge in [0, 0.05) is 32.6 Å². The molecule has 0 aromatic carbocycles. The molecular formula is C14H22N2O4. The summed E-state index contributed by atoms with van der Waals surface area (Å²) in [5.41, 5.74) is 0. The molecule has 1 saturated carbocycles. The molecule has 112 valence electrons. The molecule has 0 aromatic rings. The highest BCUT2D eigenvalue weighted by atomic mass is 16.4. The second-order valence-electron chi connectivity index (χ2n) is 5.79. The van der Waals surface area contributed by atoms with Crippen LogP contribution in [0, 0.1) is 5.92 Å². The Morgan fingerprint density at radius 3 is 2.60 bits per heavy atom. The number of aliphatic carboxylic acids is 1. The highest BCUT2D eigenvalue weighted by Crippen LogP contribution is 2.30. The Balaban J connectivity index is 1.88. The molecule has 0 spiro atoms. The number of rotatable bonds is 5. The third kappa shape index (κ3) is 3.29. The van der Waals surface area contributed by atoms with Crippen LogP contribution in [0.3, 0.4) is 0 Å². The molecule has 1 atom stereocenters. The maximum absolute atomic E-state index is 12.2. The third-order valence-electron chi connectivity index (χ3n) is 4.31. The molecule has 1 heterocycles. The molecule has 6 nitrogen and oxygen atoms in total. The van der Waals surface area contributed by atoms with Crippen molar-refractivity contribution in [3.63, 3.8) is 0 Å². The Kier molecular flexibility index (Phi) is 4.62. The van der Waals surface area contributed by atoms with Crippen molar-refractivity contribution < 1.29 is 19.5 Å². The van der Waals surface area contributed by atoms with Gasteiger partial charge in [0.15, 0.2) is 0 Å². The first-order valence-electron chi connectivity index (χ1n) is 7.25. The average molecular weight is 282 g/mol. The molecule has 1 aliphatic heterocycles. The largest absolute Gasteiger partial charge is 0.481 e. The zero-order valence-electron chi connectivity index (χ0n) is 11.9. The summed E-state index contributed by atoms with van der Waals surface area (Å²) in [6.45, 7) is 0.696. The maximum atomic E-state index is 12.2. The maximum Gasteiger partial charge on any atom is 0.305 e. The van der Waals surface area contributed by atoms with E-state index in [0.29, 0.717) is 12.6 Å². The van der Waals surface area contributed by atoms with Gasteiger partial charge in [0.05, 0.1) is 12.3 Å². The Morgan fingerprint density at radius 1 is 1.35 bits per heavy atom. The highest BCUT2D eigenvalue weighted by molar-refractivity contribution is 5.89. The van der Waals surface area contributed by atoms with Crippen LogP contribution in [0.1, 0.15) is 38.5 Å². The Bertz CT molecular complexity index is 404. The molecule has 1 N–H and O–H groups in total. The lowest BCUT2D eigenvalue weighted by molar-refractivity contribution is -0.139. The van der Waals surface area contributed by atoms with Gasteiger partial charge in [-0.2, -0.15) is 0 Å². The summed E-state index contributed by atoms with van der Waals surface area (Å²) in [5, 5.41) is 8.64. The van der Waals surface area contributed by atoms with E-state index in [1.807, 2.05) is 4.90 Å². The molecule has 2 rings (SSSR count). The van der Waals surface area contributed by atoms with Crippen LogP contribution in [0.4, 0.5) is 0 Å². The third-order valence-corrected chi connectivity index (χ3v) is 4.31. The van der Waals surface area contributed by atoms with Crippen LogP contribution >= 0.6 is 0 Å². The first-order chi connectivity index (χ1) is 9.49. The number of hydrogen-bond donors (Lipinski definition) is 1. The standard InChI is InChI=1S/C14H22N2O4/c1-15(7-6-13(18)19)14(20)10-8-12(17)16(9-10)11-4-2-3-5-11/h10-11H,2-9H2,1H3,(H,18,19)/t10-/m1/s1. The molecule has 0 unspecified atom stereocenters. The minimum absolute atomic E-state index is 0.0603. The van der Waals surface area contributed by atoms with Crippen LogP contribution in [0.15, 0.2) is 0 Å². The van der Waals surface area contributed by atoms with Gasteiger partial charge in [-0.25, -0.2) is 0 Å². The van der Waals surface area contributed by atoms with Gasteiger partial charge in [-0.1, -0.05) is 12.8 Å². The molecule has 1 aliphatic carbocycles. The lowest BCUT2D eigenvalue weighted by Crippen LogP contribution is -2.38. The zero-order chi connectivity index (χ0) is 14.7. The monoisotopic (exact) mass is 282 g/mol. The predicted octanol–water partition coefficient (Wildman–Crippen LogP) is 0.711. The van der Waals surface area contributed by atoms with Gasteiger partial charge in [-0.15, -0.1) is 0 Å². The molecule has 2 aliphatic rings. The molecule has 0 aromatic heterocycles. The number of carboxylic acids is 1. The second-order valence-corrected chi connectivity index (χ2v) is 5.79. The van der Waals surface area contributed by atoms with Gasteiger partial charge >= 0.3 is 5.97 Å². The van der Waals surface area contributed by atoms with Crippen molar-refractivity contribution >= 4 is 17.8 Å². The molecule has 6 heteroatoms. The lowest BCUT2D eigenvalue weighted by Gasteiger charge is -2.25. The molecule has 20 heavy (non-hydrogen) atoms. The van der Waals surface area contributed by atoms with E-state index < -0.39 is 5.97 Å². The van der Waals surface area contributed by atoms with Crippen molar-refractivity contribution in [2.75, 3.05) is 20.1 Å². The summed E-state index contributed by atoms with van der Waals surface area (Å²) in [5.74, 6) is -1.26. The van der Waals surface area contributed by atoms with E-state index in [1.165, 1.54) is 4.90 Å². The average Bonchev–Trinajstić information content (AvgIpc) is 3.03. The Morgan fingerprint density at radius 2 is 2.00 bits per heavy atom. The van der Waals surface area contributed by atoms with E-state index >= 15 is 0 Å². The number of amides is 2. The molecule has 2 amide bonds. The van der Waals surface area contributed by atoms with Gasteiger partial charge < -0.3 is 14.9 Å². The van der Waals surface area contributed by atoms with Gasteiger partial charge in [0.2, 0.25) is 11.8 Å². The van der Waals surface area contributed by atoms with Gasteiger partial charge in [-0.3, -0.25) is 14.4 Å². The quantitative estimate of drug-likeness (QED) is 0.805. The first-order valence-corrected chi connectivity index (χ1v) is 7.25. The van der Waals surface area contributed by atoms with E-state index in [0.717, 1.165) is 25.7 Å². The van der Waals surface area contributed by atoms with Crippen LogP contribution in [-0.4, -0.2) is 58.9 Å². The van der Waals surface area contributed by atoms with E-state index in [2.05, 4.69) is 0 Å². The SMILES string of the molecule is CN(CCC(=O)O)C(=O)[C@@H]1CC(=O)N(C2CCCC2)C1. The summed E-state index contributed by atoms with van der Waals surface area (Å²) in [4.78, 5) is 38.1. The number of carbonyl (C=O) groups is 3. The summed E-state index contributed by atoms with van der Waals surface area (Å²) in [6.07, 6.45) is 4.61. The Labute approximate surface area is 118 Å². The van der Waals surface area contributed by atoms with E-state index in [4.69, 9.17) is 5.11 Å². The normalized spacial score (nSPS) is 23.4. The van der Waals surface area contributed by atoms with Gasteiger partial charge in [-0.05, 0) is 12.8 Å². The number of likely N-dealkylation sites (tertiary alicyclic amines) is 1. The smallest absolute Gasteiger partial charge is 0.305 e. The summed E-state index contributed by atoms with van der Waals surface area (Å²) < 4.78 is 0. The minimum atomic E-state index is -0.917. The van der Waals surface area contributed by atoms with E-state index in [-0.39, 0.29) is 37.1 Å². The van der Waals surface area contributed by atoms with Gasteiger partial charge in [0.25, 0.3) is 0 Å². The fraction of sp³-hybridized carbons (Fsp3) is 0.786. The highest BCUT2D eigenvalue weighted by Gasteiger charge is 2.39. The van der Waals surface area contributed by atoms with Crippen molar-refractivity contribution in [3.8, 4) is 0 Å². The summed E-state index contributed by atoms with van der Waals surface area (Å²) >= 11 is 0. The zero-order valence-corrected chi connectivity index (χ0v) is 11.9. The van der Waals surface area contributed by atoms with Crippen LogP contribution < -0.4 is 0 Å². The van der Waals surface area contributed by atoms with E-state index in [1.54, 1.807) is 7.05 Å². The van der Waals surface area contributed by atoms with Crippen molar-refractivity contribution in [1.82, 2.24) is 9.80 Å². The molecule has 1 saturated heterocycles. The fourth-order valence-corrected chi connectivity index (χ4v) is 3.15. The number of carbonyl (C=O) groups excluding carboxylic acids is 2. The van der Waals surface area contributed by atoms with Gasteiger partial charge in [0.1, 0.15) is 0 Å². The minimum Gasteiger partial charge on any atom is -0.481 e. The number of carboxylic acid groups (broad SMARTS) is 1. The summed E-state index contributed by atoms with van der Waals surface area (Å²) in [6, 6.07) is 0.310. The topological polar surface area (TPSA) is 77.9 Å². The predicted molar refractivity (Wildman–Crippen MR) is 72.0 cm³/mol. The molecule has 0 bridgehead atoms. The van der Waals surface area contributed by atoms with Crippen LogP contribution in [0.2, 0.25) is 0 Å². The summed E-state index contributed by atoms with van der Waals surface area (Å²) in [7, 11) is 1.61. The Hall–Kier alpha value is -1.59. The first kappa shape index (κ1) is 14.8. The van der Waals surface area contributed by atoms with Crippen LogP contribution in [-0.2, 0) is 14.4 Å². The van der Waals surface area contributed by atoms with Crippen molar-refractivity contribution in [1.29, 1.82) is 0 Å². The van der Waals surface area contributed by atoms with Crippen molar-refractivity contribution in [2.24, 2.45) is 5.92 Å². The molecular weight excluding hydrogens is 260 g/mol.